The van der Waals surface area contributed by atoms with Gasteiger partial charge < -0.3 is 4.90 Å². The molecule has 0 N–H and O–H groups in total. The highest BCUT2D eigenvalue weighted by molar-refractivity contribution is 9.10. The predicted octanol–water partition coefficient (Wildman–Crippen LogP) is 2.83. The van der Waals surface area contributed by atoms with Gasteiger partial charge in [0, 0.05) is 12.6 Å². The van der Waals surface area contributed by atoms with Crippen molar-refractivity contribution in [2.24, 2.45) is 0 Å². The molecule has 2 rings (SSSR count). The van der Waals surface area contributed by atoms with Gasteiger partial charge >= 0.3 is 0 Å². The van der Waals surface area contributed by atoms with Crippen molar-refractivity contribution in [3.05, 3.63) is 22.8 Å². The number of hydrogen-bond donors (Lipinski definition) is 0. The number of hydrogen-bond acceptors (Lipinski definition) is 2. The van der Waals surface area contributed by atoms with E-state index in [0.29, 0.717) is 0 Å². The minimum Gasteiger partial charge on any atom is -0.354 e. The molecule has 1 aromatic rings. The van der Waals surface area contributed by atoms with Gasteiger partial charge in [0.2, 0.25) is 0 Å². The summed E-state index contributed by atoms with van der Waals surface area (Å²) in [5.41, 5.74) is 0. The van der Waals surface area contributed by atoms with E-state index >= 15 is 0 Å². The summed E-state index contributed by atoms with van der Waals surface area (Å²) in [6, 6.07) is 6.82. The molecule has 0 amide bonds. The van der Waals surface area contributed by atoms with E-state index in [1.165, 1.54) is 12.8 Å². The monoisotopic (exact) mass is 240 g/mol. The maximum atomic E-state index is 4.45. The Balaban J connectivity index is 2.21. The number of anilines is 1. The van der Waals surface area contributed by atoms with Crippen LogP contribution in [0.15, 0.2) is 22.8 Å². The molecule has 70 valence electrons. The largest absolute Gasteiger partial charge is 0.354 e. The Bertz CT molecular complexity index is 297. The molecule has 1 heterocycles. The van der Waals surface area contributed by atoms with Crippen LogP contribution in [-0.2, 0) is 0 Å². The van der Waals surface area contributed by atoms with Crippen LogP contribution in [0.4, 0.5) is 5.82 Å². The quantitative estimate of drug-likeness (QED) is 0.756. The first-order chi connectivity index (χ1) is 6.31. The first-order valence-electron chi connectivity index (χ1n) is 4.70. The molecule has 1 fully saturated rings. The molecule has 0 aliphatic heterocycles. The van der Waals surface area contributed by atoms with Crippen molar-refractivity contribution in [1.29, 1.82) is 0 Å². The summed E-state index contributed by atoms with van der Waals surface area (Å²) >= 11 is 3.39. The van der Waals surface area contributed by atoms with Crippen LogP contribution in [0.3, 0.4) is 0 Å². The van der Waals surface area contributed by atoms with Crippen LogP contribution >= 0.6 is 15.9 Å². The Kier molecular flexibility index (Phi) is 2.54. The fraction of sp³-hybridized carbons (Fsp3) is 0.500. The van der Waals surface area contributed by atoms with Crippen LogP contribution in [0, 0.1) is 0 Å². The Morgan fingerprint density at radius 3 is 2.85 bits per heavy atom. The third kappa shape index (κ3) is 2.02. The molecule has 1 saturated carbocycles. The molecule has 0 aromatic carbocycles. The van der Waals surface area contributed by atoms with Gasteiger partial charge in [-0.1, -0.05) is 6.07 Å². The van der Waals surface area contributed by atoms with Gasteiger partial charge in [-0.3, -0.25) is 0 Å². The maximum Gasteiger partial charge on any atom is 0.130 e. The molecule has 0 atom stereocenters. The Labute approximate surface area is 87.1 Å². The first-order valence-corrected chi connectivity index (χ1v) is 5.49. The van der Waals surface area contributed by atoms with Crippen LogP contribution in [-0.4, -0.2) is 17.6 Å². The van der Waals surface area contributed by atoms with Gasteiger partial charge in [0.15, 0.2) is 0 Å². The van der Waals surface area contributed by atoms with Gasteiger partial charge in [-0.15, -0.1) is 0 Å². The highest BCUT2D eigenvalue weighted by Crippen LogP contribution is 2.30. The third-order valence-electron chi connectivity index (χ3n) is 2.32. The van der Waals surface area contributed by atoms with Crippen LogP contribution in [0.25, 0.3) is 0 Å². The van der Waals surface area contributed by atoms with Gasteiger partial charge in [-0.2, -0.15) is 0 Å². The number of nitrogens with zero attached hydrogens (tertiary/aromatic N) is 2. The van der Waals surface area contributed by atoms with E-state index in [4.69, 9.17) is 0 Å². The van der Waals surface area contributed by atoms with E-state index in [0.717, 1.165) is 23.0 Å². The van der Waals surface area contributed by atoms with Crippen LogP contribution < -0.4 is 4.90 Å². The molecule has 0 unspecified atom stereocenters. The lowest BCUT2D eigenvalue weighted by Gasteiger charge is -2.21. The minimum atomic E-state index is 0.742. The van der Waals surface area contributed by atoms with Crippen LogP contribution in [0.2, 0.25) is 0 Å². The second-order valence-corrected chi connectivity index (χ2v) is 4.15. The number of pyridine rings is 1. The van der Waals surface area contributed by atoms with Crippen molar-refractivity contribution >= 4 is 21.7 Å². The fourth-order valence-corrected chi connectivity index (χ4v) is 1.89. The average molecular weight is 241 g/mol. The fourth-order valence-electron chi connectivity index (χ4n) is 1.55. The van der Waals surface area contributed by atoms with E-state index < -0.39 is 0 Å². The van der Waals surface area contributed by atoms with Crippen molar-refractivity contribution in [3.63, 3.8) is 0 Å². The van der Waals surface area contributed by atoms with E-state index in [-0.39, 0.29) is 0 Å². The average Bonchev–Trinajstić information content (AvgIpc) is 2.90. The molecule has 0 spiro atoms. The second-order valence-electron chi connectivity index (χ2n) is 3.34. The first kappa shape index (κ1) is 9.00. The predicted molar refractivity (Wildman–Crippen MR) is 58.0 cm³/mol. The number of rotatable bonds is 3. The zero-order valence-electron chi connectivity index (χ0n) is 7.70. The lowest BCUT2D eigenvalue weighted by Crippen LogP contribution is -2.25. The van der Waals surface area contributed by atoms with Gasteiger partial charge in [0.25, 0.3) is 0 Å². The van der Waals surface area contributed by atoms with Crippen molar-refractivity contribution in [2.45, 2.75) is 25.8 Å². The summed E-state index contributed by atoms with van der Waals surface area (Å²) in [7, 11) is 0. The molecule has 1 aliphatic rings. The summed E-state index contributed by atoms with van der Waals surface area (Å²) in [6.45, 7) is 3.23. The van der Waals surface area contributed by atoms with Crippen molar-refractivity contribution in [3.8, 4) is 0 Å². The van der Waals surface area contributed by atoms with E-state index in [1.807, 2.05) is 12.1 Å². The summed E-state index contributed by atoms with van der Waals surface area (Å²) in [4.78, 5) is 6.81. The number of halogens is 1. The second kappa shape index (κ2) is 3.66. The number of aromatic nitrogens is 1. The van der Waals surface area contributed by atoms with Crippen LogP contribution in [0.1, 0.15) is 19.8 Å². The Morgan fingerprint density at radius 2 is 2.31 bits per heavy atom. The molecular formula is C10H13BrN2. The summed E-state index contributed by atoms with van der Waals surface area (Å²) < 4.78 is 0.920. The van der Waals surface area contributed by atoms with E-state index in [2.05, 4.69) is 38.8 Å². The highest BCUT2D eigenvalue weighted by atomic mass is 79.9. The van der Waals surface area contributed by atoms with Crippen molar-refractivity contribution in [1.82, 2.24) is 4.98 Å². The Hall–Kier alpha value is -0.570. The molecular weight excluding hydrogens is 228 g/mol. The third-order valence-corrected chi connectivity index (χ3v) is 2.76. The lowest BCUT2D eigenvalue weighted by atomic mass is 10.4. The van der Waals surface area contributed by atoms with Gasteiger partial charge in [0.1, 0.15) is 10.4 Å². The molecule has 0 saturated heterocycles. The maximum absolute atomic E-state index is 4.45. The van der Waals surface area contributed by atoms with Crippen molar-refractivity contribution in [2.75, 3.05) is 11.4 Å². The molecule has 2 nitrogen and oxygen atoms in total. The topological polar surface area (TPSA) is 16.1 Å². The normalized spacial score (nSPS) is 15.8. The summed E-state index contributed by atoms with van der Waals surface area (Å²) in [5.74, 6) is 1.10. The Morgan fingerprint density at radius 1 is 1.54 bits per heavy atom. The van der Waals surface area contributed by atoms with Gasteiger partial charge in [-0.05, 0) is 47.8 Å². The van der Waals surface area contributed by atoms with E-state index in [9.17, 15) is 0 Å². The van der Waals surface area contributed by atoms with Gasteiger partial charge in [0.05, 0.1) is 0 Å². The van der Waals surface area contributed by atoms with Gasteiger partial charge in [-0.25, -0.2) is 4.98 Å². The summed E-state index contributed by atoms with van der Waals surface area (Å²) in [6.07, 6.45) is 2.64. The van der Waals surface area contributed by atoms with E-state index in [1.54, 1.807) is 0 Å². The standard InChI is InChI=1S/C10H13BrN2/c1-2-13(8-6-7-8)10-5-3-4-9(11)12-10/h3-5,8H,2,6-7H2,1H3. The molecule has 1 aliphatic carbocycles. The molecule has 3 heteroatoms. The van der Waals surface area contributed by atoms with Crippen molar-refractivity contribution < 1.29 is 0 Å². The SMILES string of the molecule is CCN(c1cccc(Br)n1)C1CC1. The molecule has 0 bridgehead atoms. The summed E-state index contributed by atoms with van der Waals surface area (Å²) in [5, 5.41) is 0. The minimum absolute atomic E-state index is 0.742. The zero-order chi connectivity index (χ0) is 9.26. The smallest absolute Gasteiger partial charge is 0.130 e. The van der Waals surface area contributed by atoms with Crippen LogP contribution in [0.5, 0.6) is 0 Å². The molecule has 1 aromatic heterocycles. The molecule has 0 radical (unpaired) electrons. The lowest BCUT2D eigenvalue weighted by molar-refractivity contribution is 0.807. The zero-order valence-corrected chi connectivity index (χ0v) is 9.29. The molecule has 13 heavy (non-hydrogen) atoms. The highest BCUT2D eigenvalue weighted by Gasteiger charge is 2.28.